The molecule has 0 spiro atoms. The lowest BCUT2D eigenvalue weighted by atomic mass is 10.3. The molecule has 0 aliphatic heterocycles. The minimum absolute atomic E-state index is 0.112. The Labute approximate surface area is 86.2 Å². The lowest BCUT2D eigenvalue weighted by molar-refractivity contribution is -0.605. The van der Waals surface area contributed by atoms with E-state index in [4.69, 9.17) is 5.73 Å². The van der Waals surface area contributed by atoms with Gasteiger partial charge in [-0.05, 0) is 13.0 Å². The van der Waals surface area contributed by atoms with E-state index in [2.05, 4.69) is 5.32 Å². The van der Waals surface area contributed by atoms with Gasteiger partial charge in [-0.1, -0.05) is 0 Å². The molecule has 15 heavy (non-hydrogen) atoms. The zero-order valence-corrected chi connectivity index (χ0v) is 8.05. The number of nitrogens with zero attached hydrogens (tertiary/aromatic N) is 2. The third-order valence-corrected chi connectivity index (χ3v) is 1.80. The lowest BCUT2D eigenvalue weighted by Gasteiger charge is -2.05. The molecule has 0 saturated heterocycles. The average Bonchev–Trinajstić information content (AvgIpc) is 2.18. The molecule has 0 aliphatic carbocycles. The highest BCUT2D eigenvalue weighted by molar-refractivity contribution is 5.58. The second-order valence-corrected chi connectivity index (χ2v) is 2.93. The number of anilines is 1. The van der Waals surface area contributed by atoms with Crippen LogP contribution in [0, 0.1) is 15.3 Å². The summed E-state index contributed by atoms with van der Waals surface area (Å²) in [5.41, 5.74) is 5.38. The van der Waals surface area contributed by atoms with Crippen LogP contribution in [0.1, 0.15) is 6.42 Å². The topological polar surface area (TPSA) is 108 Å². The van der Waals surface area contributed by atoms with Crippen LogP contribution in [0.2, 0.25) is 0 Å². The summed E-state index contributed by atoms with van der Waals surface area (Å²) in [6, 6.07) is 1.16. The molecule has 0 unspecified atom stereocenters. The quantitative estimate of drug-likeness (QED) is 0.234. The second kappa shape index (κ2) is 5.11. The molecule has 0 saturated carbocycles. The summed E-state index contributed by atoms with van der Waals surface area (Å²) >= 11 is 0. The maximum atomic E-state index is 10.9. The minimum Gasteiger partial charge on any atom is -0.619 e. The standard InChI is InChI=1S/C8H12N4O3/c9-3-1-4-10-7-6-11(13)5-2-8(7)12(14)15/h2,5-6,10H,1,3-4,9H2. The highest BCUT2D eigenvalue weighted by atomic mass is 16.6. The van der Waals surface area contributed by atoms with Gasteiger partial charge in [-0.3, -0.25) is 10.1 Å². The van der Waals surface area contributed by atoms with Gasteiger partial charge in [0.1, 0.15) is 0 Å². The van der Waals surface area contributed by atoms with Crippen LogP contribution in [0.5, 0.6) is 0 Å². The number of nitrogens with one attached hydrogen (secondary N) is 1. The molecule has 82 valence electrons. The number of nitrogens with two attached hydrogens (primary N) is 1. The van der Waals surface area contributed by atoms with Crippen molar-refractivity contribution in [3.8, 4) is 0 Å². The third kappa shape index (κ3) is 3.06. The second-order valence-electron chi connectivity index (χ2n) is 2.93. The molecule has 7 heteroatoms. The Bertz CT molecular complexity index is 356. The Hall–Kier alpha value is -1.89. The highest BCUT2D eigenvalue weighted by Gasteiger charge is 2.16. The van der Waals surface area contributed by atoms with E-state index >= 15 is 0 Å². The van der Waals surface area contributed by atoms with Crippen molar-refractivity contribution in [2.75, 3.05) is 18.4 Å². The van der Waals surface area contributed by atoms with Crippen molar-refractivity contribution in [2.45, 2.75) is 6.42 Å². The predicted molar refractivity (Wildman–Crippen MR) is 54.2 cm³/mol. The summed E-state index contributed by atoms with van der Waals surface area (Å²) in [5, 5.41) is 24.3. The Morgan fingerprint density at radius 3 is 2.93 bits per heavy atom. The predicted octanol–water partition coefficient (Wildman–Crippen LogP) is -0.0111. The fraction of sp³-hybridized carbons (Fsp3) is 0.375. The van der Waals surface area contributed by atoms with Gasteiger partial charge < -0.3 is 16.3 Å². The van der Waals surface area contributed by atoms with Gasteiger partial charge in [-0.25, -0.2) is 0 Å². The van der Waals surface area contributed by atoms with Crippen molar-refractivity contribution in [1.29, 1.82) is 0 Å². The molecule has 0 aliphatic rings. The van der Waals surface area contributed by atoms with E-state index < -0.39 is 4.92 Å². The summed E-state index contributed by atoms with van der Waals surface area (Å²) in [6.45, 7) is 0.992. The largest absolute Gasteiger partial charge is 0.619 e. The maximum absolute atomic E-state index is 10.9. The first-order valence-electron chi connectivity index (χ1n) is 4.46. The van der Waals surface area contributed by atoms with Crippen molar-refractivity contribution in [2.24, 2.45) is 5.73 Å². The van der Waals surface area contributed by atoms with Gasteiger partial charge in [0, 0.05) is 6.54 Å². The number of nitro groups is 1. The smallest absolute Gasteiger partial charge is 0.304 e. The molecular formula is C8H12N4O3. The van der Waals surface area contributed by atoms with Gasteiger partial charge in [-0.2, -0.15) is 4.73 Å². The van der Waals surface area contributed by atoms with E-state index in [1.54, 1.807) is 0 Å². The minimum atomic E-state index is -0.537. The van der Waals surface area contributed by atoms with Gasteiger partial charge in [0.25, 0.3) is 0 Å². The van der Waals surface area contributed by atoms with Crippen LogP contribution in [0.25, 0.3) is 0 Å². The van der Waals surface area contributed by atoms with Crippen LogP contribution in [-0.2, 0) is 0 Å². The van der Waals surface area contributed by atoms with Gasteiger partial charge >= 0.3 is 5.69 Å². The van der Waals surface area contributed by atoms with Crippen molar-refractivity contribution >= 4 is 11.4 Å². The number of rotatable bonds is 5. The molecule has 0 radical (unpaired) electrons. The molecule has 1 heterocycles. The molecule has 0 aromatic carbocycles. The highest BCUT2D eigenvalue weighted by Crippen LogP contribution is 2.20. The molecule has 1 rings (SSSR count). The molecule has 3 N–H and O–H groups in total. The Kier molecular flexibility index (Phi) is 3.81. The Balaban J connectivity index is 2.82. The van der Waals surface area contributed by atoms with Crippen LogP contribution in [0.3, 0.4) is 0 Å². The van der Waals surface area contributed by atoms with Crippen LogP contribution >= 0.6 is 0 Å². The van der Waals surface area contributed by atoms with Gasteiger partial charge in [0.15, 0.2) is 11.9 Å². The zero-order valence-electron chi connectivity index (χ0n) is 8.05. The number of hydrogen-bond acceptors (Lipinski definition) is 5. The SMILES string of the molecule is NCCCNc1c[n+]([O-])ccc1[N+](=O)[O-]. The van der Waals surface area contributed by atoms with E-state index in [1.165, 1.54) is 0 Å². The number of aromatic nitrogens is 1. The van der Waals surface area contributed by atoms with Crippen LogP contribution in [0.4, 0.5) is 11.4 Å². The molecule has 1 aromatic heterocycles. The normalized spacial score (nSPS) is 9.93. The fourth-order valence-corrected chi connectivity index (χ4v) is 1.09. The van der Waals surface area contributed by atoms with Crippen LogP contribution in [-0.4, -0.2) is 18.0 Å². The summed E-state index contributed by atoms with van der Waals surface area (Å²) < 4.78 is 0.512. The third-order valence-electron chi connectivity index (χ3n) is 1.80. The van der Waals surface area contributed by atoms with E-state index in [1.807, 2.05) is 0 Å². The summed E-state index contributed by atoms with van der Waals surface area (Å²) in [7, 11) is 0. The molecule has 1 aromatic rings. The van der Waals surface area contributed by atoms with Gasteiger partial charge in [-0.15, -0.1) is 0 Å². The molecule has 0 fully saturated rings. The monoisotopic (exact) mass is 212 g/mol. The summed E-state index contributed by atoms with van der Waals surface area (Å²) in [5.74, 6) is 0. The lowest BCUT2D eigenvalue weighted by Crippen LogP contribution is -2.25. The van der Waals surface area contributed by atoms with E-state index in [0.717, 1.165) is 18.5 Å². The first kappa shape index (κ1) is 11.2. The fourth-order valence-electron chi connectivity index (χ4n) is 1.09. The van der Waals surface area contributed by atoms with Crippen molar-refractivity contribution < 1.29 is 9.65 Å². The van der Waals surface area contributed by atoms with Crippen molar-refractivity contribution in [1.82, 2.24) is 0 Å². The summed E-state index contributed by atoms with van der Waals surface area (Å²) in [6.07, 6.45) is 2.91. The first-order valence-corrected chi connectivity index (χ1v) is 4.46. The Morgan fingerprint density at radius 1 is 1.60 bits per heavy atom. The van der Waals surface area contributed by atoms with E-state index in [-0.39, 0.29) is 11.4 Å². The molecule has 7 nitrogen and oxygen atoms in total. The molecule has 0 atom stereocenters. The van der Waals surface area contributed by atoms with Gasteiger partial charge in [0.05, 0.1) is 11.0 Å². The maximum Gasteiger partial charge on any atom is 0.304 e. The molecule has 0 amide bonds. The zero-order chi connectivity index (χ0) is 11.3. The Morgan fingerprint density at radius 2 is 2.33 bits per heavy atom. The van der Waals surface area contributed by atoms with Gasteiger partial charge in [0.2, 0.25) is 6.20 Å². The summed E-state index contributed by atoms with van der Waals surface area (Å²) in [4.78, 5) is 10.1. The van der Waals surface area contributed by atoms with Crippen LogP contribution < -0.4 is 15.8 Å². The molecule has 0 bridgehead atoms. The number of pyridine rings is 1. The molecular weight excluding hydrogens is 200 g/mol. The van der Waals surface area contributed by atoms with Crippen LogP contribution in [0.15, 0.2) is 18.5 Å². The van der Waals surface area contributed by atoms with E-state index in [9.17, 15) is 15.3 Å². The van der Waals surface area contributed by atoms with E-state index in [0.29, 0.717) is 24.2 Å². The average molecular weight is 212 g/mol. The van der Waals surface area contributed by atoms with Crippen molar-refractivity contribution in [3.05, 3.63) is 33.8 Å². The van der Waals surface area contributed by atoms with Crippen molar-refractivity contribution in [3.63, 3.8) is 0 Å². The number of hydrogen-bond donors (Lipinski definition) is 2. The first-order chi connectivity index (χ1) is 7.15.